The van der Waals surface area contributed by atoms with Crippen LogP contribution in [-0.2, 0) is 6.18 Å². The lowest BCUT2D eigenvalue weighted by Gasteiger charge is -1.97. The molecule has 0 bridgehead atoms. The summed E-state index contributed by atoms with van der Waals surface area (Å²) in [6.45, 7) is 0. The summed E-state index contributed by atoms with van der Waals surface area (Å²) in [7, 11) is 0. The quantitative estimate of drug-likeness (QED) is 0.553. The predicted octanol–water partition coefficient (Wildman–Crippen LogP) is 2.14. The molecule has 1 aromatic rings. The van der Waals surface area contributed by atoms with Crippen molar-refractivity contribution in [3.8, 4) is 12.3 Å². The first-order chi connectivity index (χ1) is 5.04. The van der Waals surface area contributed by atoms with E-state index in [2.05, 4.69) is 10.9 Å². The van der Waals surface area contributed by atoms with E-state index in [1.165, 1.54) is 0 Å². The highest BCUT2D eigenvalue weighted by Crippen LogP contribution is 2.31. The van der Waals surface area contributed by atoms with E-state index in [1.54, 1.807) is 0 Å². The molecule has 0 saturated carbocycles. The summed E-state index contributed by atoms with van der Waals surface area (Å²) >= 11 is 0.468. The van der Waals surface area contributed by atoms with E-state index in [1.807, 2.05) is 0 Å². The average molecular weight is 177 g/mol. The van der Waals surface area contributed by atoms with Crippen LogP contribution in [0.3, 0.4) is 0 Å². The standard InChI is InChI=1S/C6H2F3NS/c1-2-4-3-10-5(11-4)6(7,8)9/h1,3H. The van der Waals surface area contributed by atoms with Crippen molar-refractivity contribution in [1.29, 1.82) is 0 Å². The SMILES string of the molecule is C#Cc1cnc(C(F)(F)F)s1. The second kappa shape index (κ2) is 2.55. The van der Waals surface area contributed by atoms with Gasteiger partial charge >= 0.3 is 6.18 Å². The number of alkyl halides is 3. The first-order valence-corrected chi connectivity index (χ1v) is 3.35. The maximum absolute atomic E-state index is 11.8. The van der Waals surface area contributed by atoms with Crippen molar-refractivity contribution in [2.45, 2.75) is 6.18 Å². The zero-order valence-corrected chi connectivity index (χ0v) is 5.96. The molecule has 11 heavy (non-hydrogen) atoms. The minimum atomic E-state index is -4.38. The molecule has 1 rings (SSSR count). The van der Waals surface area contributed by atoms with Crippen LogP contribution in [0.2, 0.25) is 0 Å². The van der Waals surface area contributed by atoms with Gasteiger partial charge in [0.25, 0.3) is 0 Å². The Balaban J connectivity index is 3.01. The number of rotatable bonds is 0. The van der Waals surface area contributed by atoms with Gasteiger partial charge in [-0.1, -0.05) is 5.92 Å². The Morgan fingerprint density at radius 3 is 2.45 bits per heavy atom. The maximum atomic E-state index is 11.8. The van der Waals surface area contributed by atoms with Gasteiger partial charge in [0.15, 0.2) is 5.01 Å². The Bertz CT molecular complexity index is 294. The van der Waals surface area contributed by atoms with Gasteiger partial charge in [0.05, 0.1) is 11.1 Å². The lowest BCUT2D eigenvalue weighted by atomic mass is 10.6. The molecule has 1 aromatic heterocycles. The molecular formula is C6H2F3NS. The number of hydrogen-bond acceptors (Lipinski definition) is 2. The van der Waals surface area contributed by atoms with Crippen LogP contribution in [0.25, 0.3) is 0 Å². The number of aromatic nitrogens is 1. The van der Waals surface area contributed by atoms with Gasteiger partial charge < -0.3 is 0 Å². The first-order valence-electron chi connectivity index (χ1n) is 2.53. The van der Waals surface area contributed by atoms with E-state index < -0.39 is 11.2 Å². The molecule has 0 saturated heterocycles. The molecule has 0 radical (unpaired) electrons. The highest BCUT2D eigenvalue weighted by molar-refractivity contribution is 7.12. The fraction of sp³-hybridized carbons (Fsp3) is 0.167. The molecule has 0 unspecified atom stereocenters. The Morgan fingerprint density at radius 1 is 1.55 bits per heavy atom. The minimum absolute atomic E-state index is 0.192. The third kappa shape index (κ3) is 1.71. The van der Waals surface area contributed by atoms with Gasteiger partial charge in [-0.15, -0.1) is 17.8 Å². The van der Waals surface area contributed by atoms with Crippen molar-refractivity contribution in [3.63, 3.8) is 0 Å². The van der Waals surface area contributed by atoms with Crippen molar-refractivity contribution >= 4 is 11.3 Å². The number of hydrogen-bond donors (Lipinski definition) is 0. The monoisotopic (exact) mass is 177 g/mol. The molecule has 0 aromatic carbocycles. The average Bonchev–Trinajstić information content (AvgIpc) is 2.32. The molecule has 5 heteroatoms. The van der Waals surface area contributed by atoms with Crippen molar-refractivity contribution in [1.82, 2.24) is 4.98 Å². The summed E-state index contributed by atoms with van der Waals surface area (Å²) in [5.74, 6) is 2.08. The van der Waals surface area contributed by atoms with E-state index in [-0.39, 0.29) is 4.88 Å². The van der Waals surface area contributed by atoms with Gasteiger partial charge in [-0.25, -0.2) is 4.98 Å². The van der Waals surface area contributed by atoms with Gasteiger partial charge in [0.2, 0.25) is 0 Å². The Hall–Kier alpha value is -1.02. The summed E-state index contributed by atoms with van der Waals surface area (Å²) in [5.41, 5.74) is 0. The van der Waals surface area contributed by atoms with Crippen LogP contribution in [0.4, 0.5) is 13.2 Å². The zero-order valence-electron chi connectivity index (χ0n) is 5.14. The lowest BCUT2D eigenvalue weighted by Crippen LogP contribution is -2.02. The summed E-state index contributed by atoms with van der Waals surface area (Å²) < 4.78 is 35.5. The third-order valence-electron chi connectivity index (χ3n) is 0.890. The minimum Gasteiger partial charge on any atom is -0.239 e. The van der Waals surface area contributed by atoms with Crippen LogP contribution in [-0.4, -0.2) is 4.98 Å². The van der Waals surface area contributed by atoms with Crippen molar-refractivity contribution in [2.75, 3.05) is 0 Å². The molecule has 0 atom stereocenters. The highest BCUT2D eigenvalue weighted by atomic mass is 32.1. The van der Waals surface area contributed by atoms with E-state index in [4.69, 9.17) is 6.42 Å². The molecule has 0 fully saturated rings. The number of halogens is 3. The van der Waals surface area contributed by atoms with Crippen LogP contribution >= 0.6 is 11.3 Å². The van der Waals surface area contributed by atoms with Crippen molar-refractivity contribution in [3.05, 3.63) is 16.1 Å². The predicted molar refractivity (Wildman–Crippen MR) is 35.1 cm³/mol. The normalized spacial score (nSPS) is 11.1. The second-order valence-corrected chi connectivity index (χ2v) is 2.70. The largest absolute Gasteiger partial charge is 0.443 e. The molecule has 1 heterocycles. The summed E-state index contributed by atoms with van der Waals surface area (Å²) in [6.07, 6.45) is 1.52. The van der Waals surface area contributed by atoms with Crippen LogP contribution < -0.4 is 0 Å². The zero-order chi connectivity index (χ0) is 8.48. The molecule has 0 aliphatic heterocycles. The molecule has 0 amide bonds. The molecule has 58 valence electrons. The molecular weight excluding hydrogens is 175 g/mol. The van der Waals surface area contributed by atoms with Crippen molar-refractivity contribution < 1.29 is 13.2 Å². The van der Waals surface area contributed by atoms with E-state index in [9.17, 15) is 13.2 Å². The van der Waals surface area contributed by atoms with E-state index in [0.29, 0.717) is 11.3 Å². The van der Waals surface area contributed by atoms with Gasteiger partial charge in [-0.3, -0.25) is 0 Å². The Kier molecular flexibility index (Phi) is 1.87. The summed E-state index contributed by atoms with van der Waals surface area (Å²) in [5, 5.41) is -0.898. The van der Waals surface area contributed by atoms with Crippen LogP contribution in [0, 0.1) is 12.3 Å². The van der Waals surface area contributed by atoms with Crippen LogP contribution in [0.15, 0.2) is 6.20 Å². The van der Waals surface area contributed by atoms with Gasteiger partial charge in [-0.05, 0) is 0 Å². The summed E-state index contributed by atoms with van der Waals surface area (Å²) in [6, 6.07) is 0. The Morgan fingerprint density at radius 2 is 2.18 bits per heavy atom. The van der Waals surface area contributed by atoms with Gasteiger partial charge in [-0.2, -0.15) is 13.2 Å². The van der Waals surface area contributed by atoms with Crippen LogP contribution in [0.1, 0.15) is 9.88 Å². The molecule has 0 N–H and O–H groups in total. The maximum Gasteiger partial charge on any atom is 0.443 e. The Labute approximate surface area is 64.9 Å². The number of terminal acetylenes is 1. The molecule has 0 aliphatic rings. The first kappa shape index (κ1) is 8.08. The van der Waals surface area contributed by atoms with Gasteiger partial charge in [0.1, 0.15) is 0 Å². The van der Waals surface area contributed by atoms with Crippen LogP contribution in [0.5, 0.6) is 0 Å². The fourth-order valence-electron chi connectivity index (χ4n) is 0.472. The topological polar surface area (TPSA) is 12.9 Å². The third-order valence-corrected chi connectivity index (χ3v) is 1.86. The van der Waals surface area contributed by atoms with Crippen molar-refractivity contribution in [2.24, 2.45) is 0 Å². The van der Waals surface area contributed by atoms with E-state index in [0.717, 1.165) is 6.20 Å². The summed E-state index contributed by atoms with van der Waals surface area (Å²) in [4.78, 5) is 3.30. The lowest BCUT2D eigenvalue weighted by molar-refractivity contribution is -0.137. The molecule has 0 aliphatic carbocycles. The molecule has 0 spiro atoms. The molecule has 1 nitrogen and oxygen atoms in total. The van der Waals surface area contributed by atoms with E-state index >= 15 is 0 Å². The second-order valence-electron chi connectivity index (χ2n) is 1.67. The fourth-order valence-corrected chi connectivity index (χ4v) is 1.07. The highest BCUT2D eigenvalue weighted by Gasteiger charge is 2.34. The number of thiazole rings is 1. The number of nitrogens with zero attached hydrogens (tertiary/aromatic N) is 1. The smallest absolute Gasteiger partial charge is 0.239 e. The van der Waals surface area contributed by atoms with Gasteiger partial charge in [0, 0.05) is 0 Å².